The minimum atomic E-state index is -4.90. The molecular formula is C8H5ClF3N3O. The van der Waals surface area contributed by atoms with Crippen molar-refractivity contribution in [3.8, 4) is 11.8 Å². The topological polar surface area (TPSA) is 71.9 Å². The quantitative estimate of drug-likeness (QED) is 0.818. The van der Waals surface area contributed by atoms with E-state index in [1.165, 1.54) is 0 Å². The Morgan fingerprint density at radius 1 is 1.56 bits per heavy atom. The van der Waals surface area contributed by atoms with E-state index < -0.39 is 12.1 Å². The fraction of sp³-hybridized carbons (Fsp3) is 0.250. The number of nitrogens with two attached hydrogens (primary N) is 1. The van der Waals surface area contributed by atoms with Crippen molar-refractivity contribution in [2.45, 2.75) is 12.2 Å². The number of nitriles is 1. The SMILES string of the molecule is N#Cc1c(OC(F)(F)F)cnc(N)c1CCl. The third kappa shape index (κ3) is 2.67. The van der Waals surface area contributed by atoms with Crippen LogP contribution in [0.2, 0.25) is 0 Å². The molecule has 0 unspecified atom stereocenters. The number of halogens is 4. The number of hydrogen-bond acceptors (Lipinski definition) is 4. The zero-order valence-corrected chi connectivity index (χ0v) is 8.43. The Balaban J connectivity index is 3.27. The molecule has 1 heterocycles. The highest BCUT2D eigenvalue weighted by molar-refractivity contribution is 6.17. The first-order valence-corrected chi connectivity index (χ1v) is 4.41. The van der Waals surface area contributed by atoms with Crippen LogP contribution in [0.1, 0.15) is 11.1 Å². The summed E-state index contributed by atoms with van der Waals surface area (Å²) in [4.78, 5) is 3.46. The van der Waals surface area contributed by atoms with Crippen LogP contribution in [-0.2, 0) is 5.88 Å². The normalized spacial score (nSPS) is 10.9. The smallest absolute Gasteiger partial charge is 0.403 e. The molecule has 1 aromatic heterocycles. The lowest BCUT2D eigenvalue weighted by atomic mass is 10.1. The molecule has 2 N–H and O–H groups in total. The maximum atomic E-state index is 12.0. The Labute approximate surface area is 93.4 Å². The Morgan fingerprint density at radius 3 is 2.62 bits per heavy atom. The van der Waals surface area contributed by atoms with Crippen molar-refractivity contribution in [2.75, 3.05) is 5.73 Å². The minimum Gasteiger partial charge on any atom is -0.403 e. The van der Waals surface area contributed by atoms with E-state index in [-0.39, 0.29) is 22.8 Å². The van der Waals surface area contributed by atoms with Crippen molar-refractivity contribution in [1.82, 2.24) is 4.98 Å². The molecular weight excluding hydrogens is 247 g/mol. The largest absolute Gasteiger partial charge is 0.573 e. The molecule has 86 valence electrons. The van der Waals surface area contributed by atoms with Crippen molar-refractivity contribution in [3.05, 3.63) is 17.3 Å². The second kappa shape index (κ2) is 4.45. The van der Waals surface area contributed by atoms with Crippen LogP contribution >= 0.6 is 11.6 Å². The number of nitrogens with zero attached hydrogens (tertiary/aromatic N) is 2. The van der Waals surface area contributed by atoms with Gasteiger partial charge in [0, 0.05) is 5.56 Å². The van der Waals surface area contributed by atoms with Gasteiger partial charge in [0.25, 0.3) is 0 Å². The molecule has 0 saturated heterocycles. The van der Waals surface area contributed by atoms with Crippen LogP contribution in [0.15, 0.2) is 6.20 Å². The summed E-state index contributed by atoms with van der Waals surface area (Å²) in [6.07, 6.45) is -4.16. The molecule has 1 rings (SSSR count). The summed E-state index contributed by atoms with van der Waals surface area (Å²) in [6.45, 7) is 0. The molecule has 0 aromatic carbocycles. The molecule has 0 saturated carbocycles. The van der Waals surface area contributed by atoms with E-state index in [2.05, 4.69) is 9.72 Å². The summed E-state index contributed by atoms with van der Waals surface area (Å²) in [7, 11) is 0. The summed E-state index contributed by atoms with van der Waals surface area (Å²) >= 11 is 5.45. The predicted octanol–water partition coefficient (Wildman–Crippen LogP) is 2.17. The van der Waals surface area contributed by atoms with Crippen LogP contribution in [-0.4, -0.2) is 11.3 Å². The summed E-state index contributed by atoms with van der Waals surface area (Å²) in [5.41, 5.74) is 5.01. The average molecular weight is 252 g/mol. The number of anilines is 1. The van der Waals surface area contributed by atoms with Gasteiger partial charge in [0.05, 0.1) is 12.1 Å². The number of pyridine rings is 1. The lowest BCUT2D eigenvalue weighted by molar-refractivity contribution is -0.274. The van der Waals surface area contributed by atoms with Crippen LogP contribution in [0.3, 0.4) is 0 Å². The molecule has 0 aliphatic carbocycles. The van der Waals surface area contributed by atoms with E-state index in [1.807, 2.05) is 0 Å². The fourth-order valence-electron chi connectivity index (χ4n) is 1.01. The molecule has 0 aliphatic heterocycles. The molecule has 1 aromatic rings. The highest BCUT2D eigenvalue weighted by Gasteiger charge is 2.33. The Bertz CT molecular complexity index is 441. The third-order valence-electron chi connectivity index (χ3n) is 1.65. The van der Waals surface area contributed by atoms with E-state index in [4.69, 9.17) is 22.6 Å². The average Bonchev–Trinajstić information content (AvgIpc) is 2.18. The van der Waals surface area contributed by atoms with Crippen molar-refractivity contribution in [1.29, 1.82) is 5.26 Å². The Kier molecular flexibility index (Phi) is 3.44. The zero-order chi connectivity index (χ0) is 12.3. The first-order chi connectivity index (χ1) is 7.39. The number of hydrogen-bond donors (Lipinski definition) is 1. The lowest BCUT2D eigenvalue weighted by Crippen LogP contribution is -2.18. The van der Waals surface area contributed by atoms with Crippen LogP contribution in [0.25, 0.3) is 0 Å². The van der Waals surface area contributed by atoms with Crippen LogP contribution < -0.4 is 10.5 Å². The fourth-order valence-corrected chi connectivity index (χ4v) is 1.28. The number of rotatable bonds is 2. The maximum Gasteiger partial charge on any atom is 0.573 e. The van der Waals surface area contributed by atoms with Gasteiger partial charge in [-0.2, -0.15) is 5.26 Å². The van der Waals surface area contributed by atoms with Gasteiger partial charge in [-0.1, -0.05) is 0 Å². The second-order valence-corrected chi connectivity index (χ2v) is 2.92. The highest BCUT2D eigenvalue weighted by Crippen LogP contribution is 2.30. The number of aromatic nitrogens is 1. The second-order valence-electron chi connectivity index (χ2n) is 2.65. The standard InChI is InChI=1S/C8H5ClF3N3O/c9-1-4-5(2-13)6(3-15-7(4)14)16-8(10,11)12/h3H,1H2,(H2,14,15). The van der Waals surface area contributed by atoms with Crippen molar-refractivity contribution in [3.63, 3.8) is 0 Å². The van der Waals surface area contributed by atoms with Gasteiger partial charge in [0.15, 0.2) is 5.75 Å². The summed E-state index contributed by atoms with van der Waals surface area (Å²) in [5, 5.41) is 8.71. The van der Waals surface area contributed by atoms with E-state index in [1.54, 1.807) is 6.07 Å². The van der Waals surface area contributed by atoms with E-state index >= 15 is 0 Å². The Hall–Kier alpha value is -1.68. The first kappa shape index (κ1) is 12.4. The number of alkyl halides is 4. The van der Waals surface area contributed by atoms with Crippen molar-refractivity contribution < 1.29 is 17.9 Å². The molecule has 0 radical (unpaired) electrons. The van der Waals surface area contributed by atoms with Gasteiger partial charge < -0.3 is 10.5 Å². The molecule has 8 heteroatoms. The zero-order valence-electron chi connectivity index (χ0n) is 7.68. The summed E-state index contributed by atoms with van der Waals surface area (Å²) < 4.78 is 39.5. The van der Waals surface area contributed by atoms with Crippen LogP contribution in [0.5, 0.6) is 5.75 Å². The Morgan fingerprint density at radius 2 is 2.19 bits per heavy atom. The van der Waals surface area contributed by atoms with Gasteiger partial charge in [-0.15, -0.1) is 24.8 Å². The molecule has 0 fully saturated rings. The van der Waals surface area contributed by atoms with E-state index in [0.717, 1.165) is 6.20 Å². The van der Waals surface area contributed by atoms with Gasteiger partial charge in [0.1, 0.15) is 17.5 Å². The molecule has 0 aliphatic rings. The molecule has 0 spiro atoms. The maximum absolute atomic E-state index is 12.0. The van der Waals surface area contributed by atoms with Gasteiger partial charge >= 0.3 is 6.36 Å². The minimum absolute atomic E-state index is 0.0194. The first-order valence-electron chi connectivity index (χ1n) is 3.88. The predicted molar refractivity (Wildman–Crippen MR) is 49.6 cm³/mol. The molecule has 0 amide bonds. The van der Waals surface area contributed by atoms with E-state index in [0.29, 0.717) is 0 Å². The molecule has 4 nitrogen and oxygen atoms in total. The molecule has 16 heavy (non-hydrogen) atoms. The molecule has 0 bridgehead atoms. The summed E-state index contributed by atoms with van der Waals surface area (Å²) in [6, 6.07) is 1.55. The summed E-state index contributed by atoms with van der Waals surface area (Å²) in [5.74, 6) is -1.03. The van der Waals surface area contributed by atoms with Crippen LogP contribution in [0, 0.1) is 11.3 Å². The van der Waals surface area contributed by atoms with E-state index in [9.17, 15) is 13.2 Å². The van der Waals surface area contributed by atoms with Crippen molar-refractivity contribution in [2.24, 2.45) is 0 Å². The van der Waals surface area contributed by atoms with Gasteiger partial charge in [0.2, 0.25) is 0 Å². The number of nitrogen functional groups attached to an aromatic ring is 1. The monoisotopic (exact) mass is 251 g/mol. The van der Waals surface area contributed by atoms with Gasteiger partial charge in [-0.05, 0) is 0 Å². The molecule has 0 atom stereocenters. The van der Waals surface area contributed by atoms with Crippen LogP contribution in [0.4, 0.5) is 19.0 Å². The van der Waals surface area contributed by atoms with Gasteiger partial charge in [-0.3, -0.25) is 0 Å². The highest BCUT2D eigenvalue weighted by atomic mass is 35.5. The van der Waals surface area contributed by atoms with Gasteiger partial charge in [-0.25, -0.2) is 4.98 Å². The lowest BCUT2D eigenvalue weighted by Gasteiger charge is -2.12. The third-order valence-corrected chi connectivity index (χ3v) is 1.92. The van der Waals surface area contributed by atoms with Crippen molar-refractivity contribution >= 4 is 17.4 Å². The number of ether oxygens (including phenoxy) is 1.